The van der Waals surface area contributed by atoms with E-state index in [-0.39, 0.29) is 41.4 Å². The number of esters is 1. The summed E-state index contributed by atoms with van der Waals surface area (Å²) >= 11 is 0. The Morgan fingerprint density at radius 1 is 1.24 bits per heavy atom. The monoisotopic (exact) mass is 406 g/mol. The summed E-state index contributed by atoms with van der Waals surface area (Å²) in [4.78, 5) is 23.1. The van der Waals surface area contributed by atoms with Crippen LogP contribution in [0.4, 0.5) is 11.4 Å². The highest BCUT2D eigenvalue weighted by Crippen LogP contribution is 2.32. The van der Waals surface area contributed by atoms with E-state index in [9.17, 15) is 14.9 Å². The van der Waals surface area contributed by atoms with Gasteiger partial charge in [-0.25, -0.2) is 0 Å². The summed E-state index contributed by atoms with van der Waals surface area (Å²) in [5, 5.41) is 14.9. The predicted molar refractivity (Wildman–Crippen MR) is 107 cm³/mol. The van der Waals surface area contributed by atoms with Gasteiger partial charge in [0.2, 0.25) is 0 Å². The van der Waals surface area contributed by atoms with Crippen molar-refractivity contribution in [3.05, 3.63) is 33.9 Å². The van der Waals surface area contributed by atoms with Gasteiger partial charge < -0.3 is 19.5 Å². The molecule has 1 heterocycles. The summed E-state index contributed by atoms with van der Waals surface area (Å²) < 4.78 is 16.4. The molecule has 1 saturated heterocycles. The van der Waals surface area contributed by atoms with Gasteiger partial charge in [-0.1, -0.05) is 6.07 Å². The maximum absolute atomic E-state index is 11.9. The highest BCUT2D eigenvalue weighted by Gasteiger charge is 2.28. The second kappa shape index (κ2) is 10.5. The molecule has 1 aliphatic heterocycles. The van der Waals surface area contributed by atoms with Crippen LogP contribution in [-0.2, 0) is 25.6 Å². The molecule has 0 aromatic heterocycles. The molecule has 1 unspecified atom stereocenters. The van der Waals surface area contributed by atoms with Crippen LogP contribution in [0.15, 0.2) is 18.2 Å². The van der Waals surface area contributed by atoms with Gasteiger partial charge >= 0.3 is 5.97 Å². The Kier molecular flexibility index (Phi) is 7.83. The third-order valence-electron chi connectivity index (χ3n) is 5.54. The van der Waals surface area contributed by atoms with Crippen LogP contribution in [-0.4, -0.2) is 36.4 Å². The van der Waals surface area contributed by atoms with Crippen molar-refractivity contribution in [3.63, 3.8) is 0 Å². The topological polar surface area (TPSA) is 99.9 Å². The van der Waals surface area contributed by atoms with E-state index in [1.54, 1.807) is 19.1 Å². The summed E-state index contributed by atoms with van der Waals surface area (Å²) in [6.45, 7) is 3.19. The Morgan fingerprint density at radius 2 is 2.03 bits per heavy atom. The maximum atomic E-state index is 11.9. The van der Waals surface area contributed by atoms with Crippen molar-refractivity contribution in [2.75, 3.05) is 18.5 Å². The number of nitrogens with one attached hydrogen (secondary N) is 1. The standard InChI is InChI=1S/C21H30N2O6/c1-2-27-21(24)16-7-9-17(10-8-16)22-18-11-6-15(13-19(18)23(25)26)14-29-20-5-3-4-12-28-20/h6,11,13,16-17,20,22H,2-5,7-10,12,14H2,1H3/t16-,17+,20?. The van der Waals surface area contributed by atoms with Crippen molar-refractivity contribution in [2.45, 2.75) is 70.8 Å². The lowest BCUT2D eigenvalue weighted by Crippen LogP contribution is -2.30. The van der Waals surface area contributed by atoms with Crippen LogP contribution >= 0.6 is 0 Å². The highest BCUT2D eigenvalue weighted by atomic mass is 16.7. The molecule has 3 rings (SSSR count). The first-order valence-corrected chi connectivity index (χ1v) is 10.5. The number of anilines is 1. The van der Waals surface area contributed by atoms with Crippen molar-refractivity contribution in [3.8, 4) is 0 Å². The molecule has 2 aliphatic rings. The molecule has 1 aliphatic carbocycles. The molecular formula is C21H30N2O6. The largest absolute Gasteiger partial charge is 0.466 e. The number of nitrogens with zero attached hydrogens (tertiary/aromatic N) is 1. The predicted octanol–water partition coefficient (Wildman–Crippen LogP) is 4.17. The maximum Gasteiger partial charge on any atom is 0.308 e. The molecule has 1 aromatic rings. The Bertz CT molecular complexity index is 696. The Hall–Kier alpha value is -2.19. The van der Waals surface area contributed by atoms with Crippen LogP contribution in [0.2, 0.25) is 0 Å². The van der Waals surface area contributed by atoms with E-state index >= 15 is 0 Å². The van der Waals surface area contributed by atoms with E-state index < -0.39 is 0 Å². The summed E-state index contributed by atoms with van der Waals surface area (Å²) in [6.07, 6.45) is 5.79. The lowest BCUT2D eigenvalue weighted by atomic mass is 9.86. The molecule has 2 fully saturated rings. The Balaban J connectivity index is 1.56. The van der Waals surface area contributed by atoms with Crippen molar-refractivity contribution in [1.82, 2.24) is 0 Å². The van der Waals surface area contributed by atoms with Crippen molar-refractivity contribution >= 4 is 17.3 Å². The molecule has 8 nitrogen and oxygen atoms in total. The zero-order chi connectivity index (χ0) is 20.6. The smallest absolute Gasteiger partial charge is 0.308 e. The van der Waals surface area contributed by atoms with Gasteiger partial charge in [-0.15, -0.1) is 0 Å². The minimum absolute atomic E-state index is 0.0446. The van der Waals surface area contributed by atoms with E-state index in [2.05, 4.69) is 5.32 Å². The van der Waals surface area contributed by atoms with Crippen molar-refractivity contribution < 1.29 is 23.9 Å². The van der Waals surface area contributed by atoms with Gasteiger partial charge in [-0.2, -0.15) is 0 Å². The van der Waals surface area contributed by atoms with Gasteiger partial charge in [0.25, 0.3) is 5.69 Å². The molecule has 160 valence electrons. The number of benzene rings is 1. The first-order chi connectivity index (χ1) is 14.1. The molecule has 0 bridgehead atoms. The third-order valence-corrected chi connectivity index (χ3v) is 5.54. The van der Waals surface area contributed by atoms with Gasteiger partial charge in [-0.05, 0) is 63.5 Å². The quantitative estimate of drug-likeness (QED) is 0.393. The first-order valence-electron chi connectivity index (χ1n) is 10.5. The average molecular weight is 406 g/mol. The molecule has 1 aromatic carbocycles. The van der Waals surface area contributed by atoms with Crippen molar-refractivity contribution in [1.29, 1.82) is 0 Å². The number of nitro benzene ring substituents is 1. The van der Waals surface area contributed by atoms with E-state index in [0.717, 1.165) is 50.5 Å². The minimum atomic E-state index is -0.368. The average Bonchev–Trinajstić information content (AvgIpc) is 2.74. The van der Waals surface area contributed by atoms with Gasteiger partial charge in [-0.3, -0.25) is 14.9 Å². The zero-order valence-corrected chi connectivity index (χ0v) is 16.9. The summed E-state index contributed by atoms with van der Waals surface area (Å²) in [7, 11) is 0. The summed E-state index contributed by atoms with van der Waals surface area (Å²) in [6, 6.07) is 5.27. The number of nitro groups is 1. The Morgan fingerprint density at radius 3 is 2.69 bits per heavy atom. The SMILES string of the molecule is CCOC(=O)[C@H]1CC[C@@H](Nc2ccc(COC3CCCCO3)cc2[N+](=O)[O-])CC1. The third kappa shape index (κ3) is 6.14. The fraction of sp³-hybridized carbons (Fsp3) is 0.667. The van der Waals surface area contributed by atoms with Crippen LogP contribution < -0.4 is 5.32 Å². The van der Waals surface area contributed by atoms with Crippen LogP contribution in [0, 0.1) is 16.0 Å². The molecule has 1 N–H and O–H groups in total. The number of carbonyl (C=O) groups excluding carboxylic acids is 1. The second-order valence-electron chi connectivity index (χ2n) is 7.66. The lowest BCUT2D eigenvalue weighted by molar-refractivity contribution is -0.384. The fourth-order valence-electron chi connectivity index (χ4n) is 3.93. The molecule has 1 atom stereocenters. The van der Waals surface area contributed by atoms with Crippen LogP contribution in [0.1, 0.15) is 57.4 Å². The number of hydrogen-bond acceptors (Lipinski definition) is 7. The molecule has 29 heavy (non-hydrogen) atoms. The summed E-state index contributed by atoms with van der Waals surface area (Å²) in [5.41, 5.74) is 1.30. The van der Waals surface area contributed by atoms with Crippen LogP contribution in [0.5, 0.6) is 0 Å². The van der Waals surface area contributed by atoms with Gasteiger partial charge in [0.1, 0.15) is 5.69 Å². The van der Waals surface area contributed by atoms with E-state index in [4.69, 9.17) is 14.2 Å². The normalized spacial score (nSPS) is 24.7. The van der Waals surface area contributed by atoms with Crippen LogP contribution in [0.3, 0.4) is 0 Å². The first kappa shape index (κ1) is 21.5. The van der Waals surface area contributed by atoms with E-state index in [1.165, 1.54) is 0 Å². The van der Waals surface area contributed by atoms with Crippen molar-refractivity contribution in [2.24, 2.45) is 5.92 Å². The minimum Gasteiger partial charge on any atom is -0.466 e. The zero-order valence-electron chi connectivity index (χ0n) is 16.9. The number of rotatable bonds is 8. The van der Waals surface area contributed by atoms with Gasteiger partial charge in [0, 0.05) is 18.7 Å². The number of carbonyl (C=O) groups is 1. The Labute approximate surface area is 171 Å². The van der Waals surface area contributed by atoms with E-state index in [0.29, 0.717) is 18.9 Å². The highest BCUT2D eigenvalue weighted by molar-refractivity contribution is 5.72. The molecule has 0 amide bonds. The van der Waals surface area contributed by atoms with Gasteiger partial charge in [0.05, 0.1) is 24.1 Å². The lowest BCUT2D eigenvalue weighted by Gasteiger charge is -2.28. The fourth-order valence-corrected chi connectivity index (χ4v) is 3.93. The molecule has 0 spiro atoms. The molecule has 0 radical (unpaired) electrons. The van der Waals surface area contributed by atoms with Crippen LogP contribution in [0.25, 0.3) is 0 Å². The summed E-state index contributed by atoms with van der Waals surface area (Å²) in [5.74, 6) is -0.201. The second-order valence-corrected chi connectivity index (χ2v) is 7.66. The van der Waals surface area contributed by atoms with Gasteiger partial charge in [0.15, 0.2) is 6.29 Å². The number of hydrogen-bond donors (Lipinski definition) is 1. The number of ether oxygens (including phenoxy) is 3. The molecule has 8 heteroatoms. The van der Waals surface area contributed by atoms with E-state index in [1.807, 2.05) is 6.07 Å². The molecular weight excluding hydrogens is 376 g/mol. The molecule has 1 saturated carbocycles.